The van der Waals surface area contributed by atoms with Crippen LogP contribution in [0.5, 0.6) is 0 Å². The minimum absolute atomic E-state index is 0.179. The van der Waals surface area contributed by atoms with Gasteiger partial charge in [-0.2, -0.15) is 0 Å². The van der Waals surface area contributed by atoms with Gasteiger partial charge in [0.2, 0.25) is 0 Å². The fraction of sp³-hybridized carbons (Fsp3) is 0.800. The highest BCUT2D eigenvalue weighted by molar-refractivity contribution is 7.11. The summed E-state index contributed by atoms with van der Waals surface area (Å²) < 4.78 is 0. The first kappa shape index (κ1) is 14.0. The van der Waals surface area contributed by atoms with Crippen LogP contribution in [-0.4, -0.2) is 11.5 Å². The number of aromatic nitrogens is 1. The molecule has 1 aliphatic carbocycles. The van der Waals surface area contributed by atoms with Gasteiger partial charge in [-0.3, -0.25) is 0 Å². The van der Waals surface area contributed by atoms with Crippen molar-refractivity contribution in [3.63, 3.8) is 0 Å². The number of hydrogen-bond donors (Lipinski definition) is 1. The second kappa shape index (κ2) is 5.70. The lowest BCUT2D eigenvalue weighted by atomic mass is 9.96. The third kappa shape index (κ3) is 2.62. The maximum Gasteiger partial charge on any atom is 0.113 e. The Hall–Kier alpha value is -0.410. The monoisotopic (exact) mass is 266 g/mol. The molecule has 1 aliphatic rings. The van der Waals surface area contributed by atoms with Crippen LogP contribution in [0.25, 0.3) is 0 Å². The molecule has 2 unspecified atom stereocenters. The van der Waals surface area contributed by atoms with Gasteiger partial charge in [0.15, 0.2) is 0 Å². The second-order valence-electron chi connectivity index (χ2n) is 5.73. The molecule has 0 aliphatic heterocycles. The van der Waals surface area contributed by atoms with E-state index in [2.05, 4.69) is 33.0 Å². The van der Waals surface area contributed by atoms with Crippen molar-refractivity contribution in [3.05, 3.63) is 15.6 Å². The molecule has 1 aromatic heterocycles. The van der Waals surface area contributed by atoms with Crippen LogP contribution < -0.4 is 5.32 Å². The number of nitrogens with zero attached hydrogens (tertiary/aromatic N) is 1. The molecule has 1 fully saturated rings. The molecule has 1 aromatic rings. The van der Waals surface area contributed by atoms with Crippen LogP contribution in [0.3, 0.4) is 0 Å². The van der Waals surface area contributed by atoms with Crippen LogP contribution in [0.1, 0.15) is 62.0 Å². The maximum atomic E-state index is 4.93. The molecule has 102 valence electrons. The number of hydrogen-bond acceptors (Lipinski definition) is 3. The van der Waals surface area contributed by atoms with E-state index < -0.39 is 0 Å². The molecule has 18 heavy (non-hydrogen) atoms. The number of rotatable bonds is 5. The van der Waals surface area contributed by atoms with Gasteiger partial charge in [-0.25, -0.2) is 4.98 Å². The average molecular weight is 266 g/mol. The van der Waals surface area contributed by atoms with Gasteiger partial charge in [0.1, 0.15) is 5.01 Å². The van der Waals surface area contributed by atoms with Crippen LogP contribution in [-0.2, 0) is 12.0 Å². The lowest BCUT2D eigenvalue weighted by molar-refractivity contribution is 0.330. The molecule has 1 heterocycles. The van der Waals surface area contributed by atoms with E-state index in [1.54, 1.807) is 0 Å². The average Bonchev–Trinajstić information content (AvgIpc) is 2.91. The fourth-order valence-electron chi connectivity index (χ4n) is 3.05. The predicted molar refractivity (Wildman–Crippen MR) is 79.2 cm³/mol. The number of nitrogens with one attached hydrogen (secondary N) is 1. The summed E-state index contributed by atoms with van der Waals surface area (Å²) in [7, 11) is 0. The molecule has 1 saturated carbocycles. The molecule has 2 nitrogen and oxygen atoms in total. The minimum Gasteiger partial charge on any atom is -0.305 e. The Balaban J connectivity index is 2.27. The summed E-state index contributed by atoms with van der Waals surface area (Å²) in [4.78, 5) is 6.33. The lowest BCUT2D eigenvalue weighted by Crippen LogP contribution is -2.40. The van der Waals surface area contributed by atoms with Crippen molar-refractivity contribution in [2.45, 2.75) is 65.3 Å². The highest BCUT2D eigenvalue weighted by atomic mass is 32.1. The summed E-state index contributed by atoms with van der Waals surface area (Å²) in [6.45, 7) is 10.1. The number of aryl methyl sites for hydroxylation is 2. The molecule has 0 amide bonds. The largest absolute Gasteiger partial charge is 0.305 e. The van der Waals surface area contributed by atoms with Crippen molar-refractivity contribution in [1.82, 2.24) is 10.3 Å². The van der Waals surface area contributed by atoms with Gasteiger partial charge < -0.3 is 5.32 Å². The van der Waals surface area contributed by atoms with E-state index in [1.165, 1.54) is 41.3 Å². The quantitative estimate of drug-likeness (QED) is 0.870. The van der Waals surface area contributed by atoms with Crippen molar-refractivity contribution in [1.29, 1.82) is 0 Å². The summed E-state index contributed by atoms with van der Waals surface area (Å²) in [5.41, 5.74) is 1.48. The smallest absolute Gasteiger partial charge is 0.113 e. The molecule has 3 heteroatoms. The van der Waals surface area contributed by atoms with E-state index >= 15 is 0 Å². The van der Waals surface area contributed by atoms with Gasteiger partial charge in [0, 0.05) is 4.88 Å². The molecule has 0 spiro atoms. The Morgan fingerprint density at radius 1 is 1.44 bits per heavy atom. The first-order chi connectivity index (χ1) is 8.61. The molecule has 0 aromatic carbocycles. The van der Waals surface area contributed by atoms with E-state index in [-0.39, 0.29) is 5.54 Å². The lowest BCUT2D eigenvalue weighted by Gasteiger charge is -2.28. The van der Waals surface area contributed by atoms with E-state index in [4.69, 9.17) is 4.98 Å². The topological polar surface area (TPSA) is 24.9 Å². The molecule has 0 radical (unpaired) electrons. The molecule has 1 N–H and O–H groups in total. The molecule has 2 atom stereocenters. The third-order valence-electron chi connectivity index (χ3n) is 4.11. The number of thiazole rings is 1. The molecule has 0 bridgehead atoms. The van der Waals surface area contributed by atoms with Crippen LogP contribution in [0.4, 0.5) is 0 Å². The Morgan fingerprint density at radius 3 is 2.72 bits per heavy atom. The van der Waals surface area contributed by atoms with E-state index in [9.17, 15) is 0 Å². The van der Waals surface area contributed by atoms with Crippen molar-refractivity contribution < 1.29 is 0 Å². The highest BCUT2D eigenvalue weighted by Gasteiger charge is 2.41. The predicted octanol–water partition coefficient (Wildman–Crippen LogP) is 4.03. The summed E-state index contributed by atoms with van der Waals surface area (Å²) in [6.07, 6.45) is 6.09. The van der Waals surface area contributed by atoms with Crippen LogP contribution in [0.15, 0.2) is 0 Å². The van der Waals surface area contributed by atoms with Crippen LogP contribution >= 0.6 is 11.3 Å². The first-order valence-corrected chi connectivity index (χ1v) is 8.14. The zero-order chi connectivity index (χ0) is 13.2. The van der Waals surface area contributed by atoms with Crippen LogP contribution in [0, 0.1) is 12.8 Å². The van der Waals surface area contributed by atoms with Gasteiger partial charge in [0.25, 0.3) is 0 Å². The van der Waals surface area contributed by atoms with Gasteiger partial charge in [-0.1, -0.05) is 20.8 Å². The highest BCUT2D eigenvalue weighted by Crippen LogP contribution is 2.43. The standard InChI is InChI=1S/C15H26N2S/c1-5-9-16-15(8-7-11(3)10-15)14-17-13(6-2)12(4)18-14/h11,16H,5-10H2,1-4H3. The van der Waals surface area contributed by atoms with Crippen LogP contribution in [0.2, 0.25) is 0 Å². The molecular formula is C15H26N2S. The summed E-state index contributed by atoms with van der Waals surface area (Å²) >= 11 is 1.91. The molecular weight excluding hydrogens is 240 g/mol. The molecule has 0 saturated heterocycles. The maximum absolute atomic E-state index is 4.93. The van der Waals surface area contributed by atoms with E-state index in [1.807, 2.05) is 11.3 Å². The normalized spacial score (nSPS) is 27.9. The SMILES string of the molecule is CCCNC1(c2nc(CC)c(C)s2)CCC(C)C1. The Bertz CT molecular complexity index is 399. The third-order valence-corrected chi connectivity index (χ3v) is 5.33. The summed E-state index contributed by atoms with van der Waals surface area (Å²) in [5, 5.41) is 5.15. The fourth-order valence-corrected chi connectivity index (χ4v) is 4.25. The van der Waals surface area contributed by atoms with Gasteiger partial charge >= 0.3 is 0 Å². The zero-order valence-corrected chi connectivity index (χ0v) is 13.0. The van der Waals surface area contributed by atoms with Crippen molar-refractivity contribution >= 4 is 11.3 Å². The molecule has 2 rings (SSSR count). The zero-order valence-electron chi connectivity index (χ0n) is 12.2. The Labute approximate surface area is 115 Å². The van der Waals surface area contributed by atoms with E-state index in [0.29, 0.717) is 0 Å². The minimum atomic E-state index is 0.179. The van der Waals surface area contributed by atoms with Gasteiger partial charge in [-0.05, 0) is 51.5 Å². The summed E-state index contributed by atoms with van der Waals surface area (Å²) in [5.74, 6) is 0.823. The van der Waals surface area contributed by atoms with E-state index in [0.717, 1.165) is 18.9 Å². The van der Waals surface area contributed by atoms with Crippen molar-refractivity contribution in [2.24, 2.45) is 5.92 Å². The van der Waals surface area contributed by atoms with Gasteiger partial charge in [-0.15, -0.1) is 11.3 Å². The second-order valence-corrected chi connectivity index (χ2v) is 6.94. The van der Waals surface area contributed by atoms with Crippen molar-refractivity contribution in [3.8, 4) is 0 Å². The Kier molecular flexibility index (Phi) is 4.44. The van der Waals surface area contributed by atoms with Crippen molar-refractivity contribution in [2.75, 3.05) is 6.54 Å². The summed E-state index contributed by atoms with van der Waals surface area (Å²) in [6, 6.07) is 0. The van der Waals surface area contributed by atoms with Gasteiger partial charge in [0.05, 0.1) is 11.2 Å². The first-order valence-electron chi connectivity index (χ1n) is 7.33. The Morgan fingerprint density at radius 2 is 2.22 bits per heavy atom.